The van der Waals surface area contributed by atoms with E-state index < -0.39 is 10.0 Å². The van der Waals surface area contributed by atoms with Gasteiger partial charge >= 0.3 is 0 Å². The fourth-order valence-electron chi connectivity index (χ4n) is 2.65. The number of sulfonamides is 1. The third-order valence-electron chi connectivity index (χ3n) is 4.24. The van der Waals surface area contributed by atoms with E-state index >= 15 is 0 Å². The fourth-order valence-corrected chi connectivity index (χ4v) is 3.64. The van der Waals surface area contributed by atoms with E-state index in [0.717, 1.165) is 17.7 Å². The second-order valence-electron chi connectivity index (χ2n) is 6.35. The fraction of sp³-hybridized carbons (Fsp3) is 0.136. The summed E-state index contributed by atoms with van der Waals surface area (Å²) < 4.78 is 32.3. The van der Waals surface area contributed by atoms with E-state index in [0.29, 0.717) is 11.3 Å². The molecule has 0 fully saturated rings. The zero-order valence-corrected chi connectivity index (χ0v) is 16.8. The van der Waals surface area contributed by atoms with E-state index in [1.165, 1.54) is 24.5 Å². The molecule has 2 N–H and O–H groups in total. The van der Waals surface area contributed by atoms with Crippen LogP contribution in [-0.2, 0) is 27.8 Å². The van der Waals surface area contributed by atoms with Gasteiger partial charge in [0.25, 0.3) is 0 Å². The number of carbonyl (C=O) groups is 1. The molecule has 0 aliphatic heterocycles. The minimum atomic E-state index is -3.65. The lowest BCUT2D eigenvalue weighted by Crippen LogP contribution is -2.22. The van der Waals surface area contributed by atoms with Crippen LogP contribution in [0.1, 0.15) is 23.8 Å². The van der Waals surface area contributed by atoms with Gasteiger partial charge in [0, 0.05) is 11.8 Å². The predicted octanol–water partition coefficient (Wildman–Crippen LogP) is 3.97. The van der Waals surface area contributed by atoms with Gasteiger partial charge in [0.05, 0.1) is 17.7 Å². The Bertz CT molecular complexity index is 1090. The largest absolute Gasteiger partial charge is 0.468 e. The third-order valence-corrected chi connectivity index (χ3v) is 5.65. The first-order valence-corrected chi connectivity index (χ1v) is 10.6. The van der Waals surface area contributed by atoms with Crippen molar-refractivity contribution < 1.29 is 17.6 Å². The Morgan fingerprint density at radius 3 is 2.55 bits per heavy atom. The van der Waals surface area contributed by atoms with Gasteiger partial charge in [0.15, 0.2) is 0 Å². The van der Waals surface area contributed by atoms with Gasteiger partial charge in [0.1, 0.15) is 5.76 Å². The zero-order chi connectivity index (χ0) is 20.7. The third kappa shape index (κ3) is 5.91. The molecule has 0 spiro atoms. The molecule has 1 amide bonds. The molecule has 0 radical (unpaired) electrons. The molecular weight excluding hydrogens is 388 g/mol. The maximum Gasteiger partial charge on any atom is 0.248 e. The number of benzene rings is 2. The second kappa shape index (κ2) is 9.36. The standard InChI is InChI=1S/C22H22N2O4S/c1-2-17-5-3-6-19(15-17)24-22(25)13-10-18-8-11-21(12-9-18)29(26,27)23-16-20-7-4-14-28-20/h3-15,23H,2,16H2,1H3,(H,24,25)/b13-10+. The Morgan fingerprint density at radius 1 is 1.07 bits per heavy atom. The number of hydrogen-bond donors (Lipinski definition) is 2. The zero-order valence-electron chi connectivity index (χ0n) is 16.0. The summed E-state index contributed by atoms with van der Waals surface area (Å²) in [5, 5.41) is 2.81. The number of hydrogen-bond acceptors (Lipinski definition) is 4. The van der Waals surface area contributed by atoms with Crippen molar-refractivity contribution in [1.82, 2.24) is 4.72 Å². The van der Waals surface area contributed by atoms with Crippen LogP contribution in [0.2, 0.25) is 0 Å². The highest BCUT2D eigenvalue weighted by molar-refractivity contribution is 7.89. The molecule has 2 aromatic carbocycles. The SMILES string of the molecule is CCc1cccc(NC(=O)/C=C/c2ccc(S(=O)(=O)NCc3ccco3)cc2)c1. The van der Waals surface area contributed by atoms with Crippen molar-refractivity contribution in [2.45, 2.75) is 24.8 Å². The minimum absolute atomic E-state index is 0.0798. The summed E-state index contributed by atoms with van der Waals surface area (Å²) in [5.74, 6) is 0.277. The molecule has 0 aliphatic carbocycles. The van der Waals surface area contributed by atoms with E-state index in [1.807, 2.05) is 24.3 Å². The first-order valence-electron chi connectivity index (χ1n) is 9.16. The van der Waals surface area contributed by atoms with E-state index in [1.54, 1.807) is 30.3 Å². The van der Waals surface area contributed by atoms with E-state index in [9.17, 15) is 13.2 Å². The Hall–Kier alpha value is -3.16. The molecule has 7 heteroatoms. The van der Waals surface area contributed by atoms with Crippen LogP contribution in [0.5, 0.6) is 0 Å². The number of aryl methyl sites for hydroxylation is 1. The first kappa shape index (κ1) is 20.6. The van der Waals surface area contributed by atoms with Gasteiger partial charge in [-0.2, -0.15) is 0 Å². The summed E-state index contributed by atoms with van der Waals surface area (Å²) in [5.41, 5.74) is 2.60. The smallest absolute Gasteiger partial charge is 0.248 e. The van der Waals surface area contributed by atoms with Crippen molar-refractivity contribution >= 4 is 27.7 Å². The summed E-state index contributed by atoms with van der Waals surface area (Å²) in [6.45, 7) is 2.13. The highest BCUT2D eigenvalue weighted by Crippen LogP contribution is 2.14. The van der Waals surface area contributed by atoms with Crippen LogP contribution in [0.25, 0.3) is 6.08 Å². The monoisotopic (exact) mass is 410 g/mol. The van der Waals surface area contributed by atoms with Crippen LogP contribution in [0.15, 0.2) is 82.3 Å². The van der Waals surface area contributed by atoms with E-state index in [-0.39, 0.29) is 17.3 Å². The van der Waals surface area contributed by atoms with Crippen LogP contribution < -0.4 is 10.0 Å². The Kier molecular flexibility index (Phi) is 6.64. The highest BCUT2D eigenvalue weighted by atomic mass is 32.2. The van der Waals surface area contributed by atoms with Crippen molar-refractivity contribution in [3.05, 3.63) is 89.9 Å². The van der Waals surface area contributed by atoms with Gasteiger partial charge in [-0.25, -0.2) is 13.1 Å². The maximum atomic E-state index is 12.3. The number of anilines is 1. The van der Waals surface area contributed by atoms with Gasteiger partial charge in [-0.05, 0) is 60.0 Å². The Balaban J connectivity index is 1.59. The lowest BCUT2D eigenvalue weighted by Gasteiger charge is -2.06. The molecule has 0 atom stereocenters. The number of amides is 1. The van der Waals surface area contributed by atoms with Gasteiger partial charge in [-0.15, -0.1) is 0 Å². The van der Waals surface area contributed by atoms with Gasteiger partial charge in [-0.3, -0.25) is 4.79 Å². The van der Waals surface area contributed by atoms with Crippen LogP contribution >= 0.6 is 0 Å². The normalized spacial score (nSPS) is 11.6. The predicted molar refractivity (Wildman–Crippen MR) is 113 cm³/mol. The minimum Gasteiger partial charge on any atom is -0.468 e. The molecule has 0 saturated carbocycles. The average Bonchev–Trinajstić information content (AvgIpc) is 3.25. The van der Waals surface area contributed by atoms with Crippen molar-refractivity contribution in [2.24, 2.45) is 0 Å². The number of furan rings is 1. The molecule has 1 aromatic heterocycles. The lowest BCUT2D eigenvalue weighted by molar-refractivity contribution is -0.111. The highest BCUT2D eigenvalue weighted by Gasteiger charge is 2.13. The summed E-state index contributed by atoms with van der Waals surface area (Å²) in [6.07, 6.45) is 5.43. The van der Waals surface area contributed by atoms with E-state index in [4.69, 9.17) is 4.42 Å². The van der Waals surface area contributed by atoms with Crippen molar-refractivity contribution in [2.75, 3.05) is 5.32 Å². The van der Waals surface area contributed by atoms with Crippen LogP contribution in [0.3, 0.4) is 0 Å². The molecule has 0 saturated heterocycles. The summed E-state index contributed by atoms with van der Waals surface area (Å²) in [4.78, 5) is 12.2. The van der Waals surface area contributed by atoms with Gasteiger partial charge in [0.2, 0.25) is 15.9 Å². The molecule has 0 aliphatic rings. The summed E-state index contributed by atoms with van der Waals surface area (Å²) in [7, 11) is -3.65. The van der Waals surface area contributed by atoms with E-state index in [2.05, 4.69) is 17.0 Å². The summed E-state index contributed by atoms with van der Waals surface area (Å²) >= 11 is 0. The topological polar surface area (TPSA) is 88.4 Å². The number of carbonyl (C=O) groups excluding carboxylic acids is 1. The van der Waals surface area contributed by atoms with Crippen LogP contribution in [0.4, 0.5) is 5.69 Å². The number of rotatable bonds is 8. The lowest BCUT2D eigenvalue weighted by atomic mass is 10.1. The first-order chi connectivity index (χ1) is 14.0. The van der Waals surface area contributed by atoms with Crippen LogP contribution in [0, 0.1) is 0 Å². The molecular formula is C22H22N2O4S. The molecule has 1 heterocycles. The number of nitrogens with one attached hydrogen (secondary N) is 2. The average molecular weight is 410 g/mol. The molecule has 3 rings (SSSR count). The van der Waals surface area contributed by atoms with Gasteiger partial charge in [-0.1, -0.05) is 31.2 Å². The molecule has 150 valence electrons. The Morgan fingerprint density at radius 2 is 1.86 bits per heavy atom. The van der Waals surface area contributed by atoms with Crippen molar-refractivity contribution in [3.8, 4) is 0 Å². The second-order valence-corrected chi connectivity index (χ2v) is 8.12. The van der Waals surface area contributed by atoms with Gasteiger partial charge < -0.3 is 9.73 Å². The quantitative estimate of drug-likeness (QED) is 0.550. The molecule has 0 bridgehead atoms. The van der Waals surface area contributed by atoms with Crippen molar-refractivity contribution in [3.63, 3.8) is 0 Å². The maximum absolute atomic E-state index is 12.3. The van der Waals surface area contributed by atoms with Crippen LogP contribution in [-0.4, -0.2) is 14.3 Å². The molecule has 29 heavy (non-hydrogen) atoms. The molecule has 0 unspecified atom stereocenters. The summed E-state index contributed by atoms with van der Waals surface area (Å²) in [6, 6.07) is 17.3. The van der Waals surface area contributed by atoms with Crippen molar-refractivity contribution in [1.29, 1.82) is 0 Å². The Labute approximate surface area is 170 Å². The molecule has 3 aromatic rings. The molecule has 6 nitrogen and oxygen atoms in total.